The maximum absolute atomic E-state index is 13.7. The fourth-order valence-corrected chi connectivity index (χ4v) is 3.12. The molecular weight excluding hydrogens is 283 g/mol. The SMILES string of the molecule is C[C@@H](NCC1OCC2CCOC21)c1c(F)cc(F)cc1F. The van der Waals surface area contributed by atoms with Crippen LogP contribution in [0.3, 0.4) is 0 Å². The van der Waals surface area contributed by atoms with E-state index in [0.29, 0.717) is 31.2 Å². The highest BCUT2D eigenvalue weighted by atomic mass is 19.1. The quantitative estimate of drug-likeness (QED) is 0.927. The monoisotopic (exact) mass is 301 g/mol. The van der Waals surface area contributed by atoms with Crippen molar-refractivity contribution in [2.75, 3.05) is 19.8 Å². The zero-order valence-corrected chi connectivity index (χ0v) is 11.7. The first-order valence-electron chi connectivity index (χ1n) is 7.17. The van der Waals surface area contributed by atoms with Crippen LogP contribution in [0.2, 0.25) is 0 Å². The maximum atomic E-state index is 13.7. The lowest BCUT2D eigenvalue weighted by atomic mass is 10.0. The van der Waals surface area contributed by atoms with E-state index in [9.17, 15) is 13.2 Å². The molecule has 0 amide bonds. The molecule has 6 heteroatoms. The van der Waals surface area contributed by atoms with Crippen molar-refractivity contribution in [1.29, 1.82) is 0 Å². The summed E-state index contributed by atoms with van der Waals surface area (Å²) in [6.07, 6.45) is 0.955. The molecule has 0 radical (unpaired) electrons. The number of hydrogen-bond acceptors (Lipinski definition) is 3. The molecule has 3 rings (SSSR count). The topological polar surface area (TPSA) is 30.5 Å². The minimum absolute atomic E-state index is 0.0626. The smallest absolute Gasteiger partial charge is 0.133 e. The van der Waals surface area contributed by atoms with Crippen LogP contribution in [0.4, 0.5) is 13.2 Å². The fraction of sp³-hybridized carbons (Fsp3) is 0.600. The van der Waals surface area contributed by atoms with Crippen LogP contribution < -0.4 is 5.32 Å². The lowest BCUT2D eigenvalue weighted by Gasteiger charge is -2.21. The Morgan fingerprint density at radius 1 is 1.24 bits per heavy atom. The van der Waals surface area contributed by atoms with E-state index in [1.807, 2.05) is 0 Å². The summed E-state index contributed by atoms with van der Waals surface area (Å²) in [5.74, 6) is -2.25. The fourth-order valence-electron chi connectivity index (χ4n) is 3.12. The van der Waals surface area contributed by atoms with E-state index in [-0.39, 0.29) is 17.8 Å². The van der Waals surface area contributed by atoms with E-state index < -0.39 is 23.5 Å². The summed E-state index contributed by atoms with van der Waals surface area (Å²) < 4.78 is 51.6. The van der Waals surface area contributed by atoms with Gasteiger partial charge in [-0.1, -0.05) is 0 Å². The van der Waals surface area contributed by atoms with Gasteiger partial charge in [0.25, 0.3) is 0 Å². The molecule has 21 heavy (non-hydrogen) atoms. The predicted molar refractivity (Wildman–Crippen MR) is 70.3 cm³/mol. The summed E-state index contributed by atoms with van der Waals surface area (Å²) in [7, 11) is 0. The van der Waals surface area contributed by atoms with Crippen molar-refractivity contribution in [2.24, 2.45) is 5.92 Å². The van der Waals surface area contributed by atoms with Crippen LogP contribution in [0.5, 0.6) is 0 Å². The molecule has 0 aliphatic carbocycles. The van der Waals surface area contributed by atoms with Gasteiger partial charge in [-0.2, -0.15) is 0 Å². The Bertz CT molecular complexity index is 503. The molecule has 116 valence electrons. The second-order valence-electron chi connectivity index (χ2n) is 5.67. The summed E-state index contributed by atoms with van der Waals surface area (Å²) >= 11 is 0. The number of halogens is 3. The van der Waals surface area contributed by atoms with Crippen LogP contribution >= 0.6 is 0 Å². The van der Waals surface area contributed by atoms with Gasteiger partial charge in [-0.3, -0.25) is 0 Å². The van der Waals surface area contributed by atoms with E-state index in [0.717, 1.165) is 13.0 Å². The first kappa shape index (κ1) is 14.8. The van der Waals surface area contributed by atoms with Crippen molar-refractivity contribution >= 4 is 0 Å². The zero-order chi connectivity index (χ0) is 15.0. The Kier molecular flexibility index (Phi) is 4.19. The van der Waals surface area contributed by atoms with Gasteiger partial charge in [0, 0.05) is 42.8 Å². The summed E-state index contributed by atoms with van der Waals surface area (Å²) in [6, 6.07) is 0.812. The van der Waals surface area contributed by atoms with E-state index in [1.165, 1.54) is 0 Å². The largest absolute Gasteiger partial charge is 0.375 e. The Hall–Kier alpha value is -1.11. The molecule has 0 bridgehead atoms. The molecule has 2 fully saturated rings. The van der Waals surface area contributed by atoms with Gasteiger partial charge < -0.3 is 14.8 Å². The van der Waals surface area contributed by atoms with Gasteiger partial charge in [-0.25, -0.2) is 13.2 Å². The Labute approximate surface area is 121 Å². The molecule has 4 atom stereocenters. The number of fused-ring (bicyclic) bond motifs is 1. The molecule has 1 aromatic carbocycles. The molecule has 0 spiro atoms. The van der Waals surface area contributed by atoms with Crippen molar-refractivity contribution in [1.82, 2.24) is 5.32 Å². The highest BCUT2D eigenvalue weighted by Gasteiger charge is 2.41. The van der Waals surface area contributed by atoms with Crippen LogP contribution in [-0.2, 0) is 9.47 Å². The van der Waals surface area contributed by atoms with Crippen LogP contribution in [-0.4, -0.2) is 32.0 Å². The van der Waals surface area contributed by atoms with Gasteiger partial charge in [-0.15, -0.1) is 0 Å². The van der Waals surface area contributed by atoms with Gasteiger partial charge in [0.1, 0.15) is 17.5 Å². The number of nitrogens with one attached hydrogen (secondary N) is 1. The first-order valence-corrected chi connectivity index (χ1v) is 7.17. The van der Waals surface area contributed by atoms with E-state index in [2.05, 4.69) is 5.32 Å². The van der Waals surface area contributed by atoms with Crippen molar-refractivity contribution in [3.63, 3.8) is 0 Å². The Morgan fingerprint density at radius 2 is 1.95 bits per heavy atom. The van der Waals surface area contributed by atoms with Crippen molar-refractivity contribution in [3.05, 3.63) is 35.1 Å². The van der Waals surface area contributed by atoms with Crippen LogP contribution in [0.15, 0.2) is 12.1 Å². The van der Waals surface area contributed by atoms with Crippen molar-refractivity contribution in [3.8, 4) is 0 Å². The number of ether oxygens (including phenoxy) is 2. The first-order chi connectivity index (χ1) is 10.1. The molecule has 1 N–H and O–H groups in total. The molecule has 2 aliphatic heterocycles. The summed E-state index contributed by atoms with van der Waals surface area (Å²) in [6.45, 7) is 3.50. The number of benzene rings is 1. The predicted octanol–water partition coefficient (Wildman–Crippen LogP) is 2.56. The Morgan fingerprint density at radius 3 is 2.67 bits per heavy atom. The second kappa shape index (κ2) is 5.94. The lowest BCUT2D eigenvalue weighted by Crippen LogP contribution is -2.36. The summed E-state index contributed by atoms with van der Waals surface area (Å²) in [5, 5.41) is 3.05. The average molecular weight is 301 g/mol. The normalized spacial score (nSPS) is 29.6. The van der Waals surface area contributed by atoms with Crippen molar-refractivity contribution < 1.29 is 22.6 Å². The summed E-state index contributed by atoms with van der Waals surface area (Å²) in [4.78, 5) is 0. The molecular formula is C15H18F3NO2. The number of hydrogen-bond donors (Lipinski definition) is 1. The third-order valence-corrected chi connectivity index (χ3v) is 4.26. The lowest BCUT2D eigenvalue weighted by molar-refractivity contribution is 0.00762. The summed E-state index contributed by atoms with van der Waals surface area (Å²) in [5.41, 5.74) is -0.154. The maximum Gasteiger partial charge on any atom is 0.133 e. The molecule has 3 unspecified atom stereocenters. The molecule has 2 heterocycles. The molecule has 3 nitrogen and oxygen atoms in total. The highest BCUT2D eigenvalue weighted by Crippen LogP contribution is 2.31. The zero-order valence-electron chi connectivity index (χ0n) is 11.7. The molecule has 1 aromatic rings. The van der Waals surface area contributed by atoms with Crippen LogP contribution in [0, 0.1) is 23.4 Å². The van der Waals surface area contributed by atoms with E-state index in [4.69, 9.17) is 9.47 Å². The van der Waals surface area contributed by atoms with Gasteiger partial charge in [0.2, 0.25) is 0 Å². The standard InChI is InChI=1S/C15H18F3NO2/c1-8(14-11(17)4-10(16)5-12(14)18)19-6-13-15-9(7-21-13)2-3-20-15/h4-5,8-9,13,15,19H,2-3,6-7H2,1H3/t8-,9?,13?,15?/m1/s1. The van der Waals surface area contributed by atoms with Crippen molar-refractivity contribution in [2.45, 2.75) is 31.6 Å². The van der Waals surface area contributed by atoms with E-state index in [1.54, 1.807) is 6.92 Å². The van der Waals surface area contributed by atoms with Gasteiger partial charge in [-0.05, 0) is 13.3 Å². The second-order valence-corrected chi connectivity index (χ2v) is 5.67. The van der Waals surface area contributed by atoms with Gasteiger partial charge in [0.15, 0.2) is 0 Å². The molecule has 0 saturated carbocycles. The van der Waals surface area contributed by atoms with Crippen LogP contribution in [0.25, 0.3) is 0 Å². The van der Waals surface area contributed by atoms with Gasteiger partial charge >= 0.3 is 0 Å². The third kappa shape index (κ3) is 2.93. The molecule has 2 saturated heterocycles. The van der Waals surface area contributed by atoms with E-state index >= 15 is 0 Å². The minimum atomic E-state index is -0.915. The Balaban J connectivity index is 1.63. The highest BCUT2D eigenvalue weighted by molar-refractivity contribution is 5.23. The number of rotatable bonds is 4. The molecule has 2 aliphatic rings. The van der Waals surface area contributed by atoms with Crippen LogP contribution in [0.1, 0.15) is 24.9 Å². The van der Waals surface area contributed by atoms with Gasteiger partial charge in [0.05, 0.1) is 18.8 Å². The molecule has 0 aromatic heterocycles. The third-order valence-electron chi connectivity index (χ3n) is 4.26. The minimum Gasteiger partial charge on any atom is -0.375 e. The average Bonchev–Trinajstić information content (AvgIpc) is 2.98.